The highest BCUT2D eigenvalue weighted by atomic mass is 32.5. The van der Waals surface area contributed by atoms with Crippen molar-refractivity contribution < 1.29 is 19.1 Å². The van der Waals surface area contributed by atoms with Crippen molar-refractivity contribution in [2.24, 2.45) is 5.16 Å². The third-order valence-corrected chi connectivity index (χ3v) is 1.07. The van der Waals surface area contributed by atoms with Crippen LogP contribution in [0.2, 0.25) is 0 Å². The van der Waals surface area contributed by atoms with E-state index in [9.17, 15) is 0 Å². The molecule has 0 aliphatic rings. The minimum Gasteiger partial charge on any atom is -0.482 e. The minimum absolute atomic E-state index is 0.178. The Labute approximate surface area is 63.5 Å². The first-order valence-electron chi connectivity index (χ1n) is 2.28. The summed E-state index contributed by atoms with van der Waals surface area (Å²) in [6.07, 6.45) is 0. The van der Waals surface area contributed by atoms with E-state index < -0.39 is 6.72 Å². The summed E-state index contributed by atoms with van der Waals surface area (Å²) in [6, 6.07) is 0. The van der Waals surface area contributed by atoms with Gasteiger partial charge >= 0.3 is 6.72 Å². The molecule has 10 heavy (non-hydrogen) atoms. The van der Waals surface area contributed by atoms with Crippen LogP contribution >= 0.6 is 6.72 Å². The summed E-state index contributed by atoms with van der Waals surface area (Å²) < 4.78 is 8.60. The van der Waals surface area contributed by atoms with Gasteiger partial charge in [0.1, 0.15) is 0 Å². The second-order valence-corrected chi connectivity index (χ2v) is 3.96. The Morgan fingerprint density at radius 1 is 1.60 bits per heavy atom. The van der Waals surface area contributed by atoms with E-state index in [0.717, 1.165) is 0 Å². The van der Waals surface area contributed by atoms with E-state index in [0.29, 0.717) is 0 Å². The van der Waals surface area contributed by atoms with Crippen LogP contribution < -0.4 is 0 Å². The van der Waals surface area contributed by atoms with Crippen LogP contribution in [0.4, 0.5) is 0 Å². The second-order valence-electron chi connectivity index (χ2n) is 1.39. The summed E-state index contributed by atoms with van der Waals surface area (Å²) in [5.74, 6) is 0.178. The second kappa shape index (κ2) is 3.88. The molecule has 0 saturated carbocycles. The predicted octanol–water partition coefficient (Wildman–Crippen LogP) is 0.192. The molecule has 0 fully saturated rings. The third-order valence-electron chi connectivity index (χ3n) is 0.571. The molecule has 0 radical (unpaired) electrons. The molecule has 2 N–H and O–H groups in total. The van der Waals surface area contributed by atoms with Crippen LogP contribution in [0.1, 0.15) is 6.92 Å². The van der Waals surface area contributed by atoms with E-state index in [4.69, 9.17) is 9.79 Å². The summed E-state index contributed by atoms with van der Waals surface area (Å²) in [4.78, 5) is 16.9. The molecule has 0 aromatic rings. The molecule has 0 bridgehead atoms. The highest BCUT2D eigenvalue weighted by Gasteiger charge is 2.07. The zero-order valence-electron chi connectivity index (χ0n) is 5.51. The molecule has 0 unspecified atom stereocenters. The summed E-state index contributed by atoms with van der Waals surface area (Å²) >= 11 is 4.09. The Morgan fingerprint density at radius 3 is 2.40 bits per heavy atom. The number of hydrogen-bond acceptors (Lipinski definition) is 4. The number of oxime groups is 1. The average Bonchev–Trinajstić information content (AvgIpc) is 1.81. The van der Waals surface area contributed by atoms with Crippen molar-refractivity contribution in [3.63, 3.8) is 0 Å². The van der Waals surface area contributed by atoms with Gasteiger partial charge in [0.15, 0.2) is 0 Å². The smallest absolute Gasteiger partial charge is 0.397 e. The van der Waals surface area contributed by atoms with Gasteiger partial charge in [-0.15, -0.1) is 0 Å². The van der Waals surface area contributed by atoms with Crippen molar-refractivity contribution in [2.45, 2.75) is 6.92 Å². The molecule has 0 aromatic carbocycles. The van der Waals surface area contributed by atoms with Crippen molar-refractivity contribution >= 4 is 24.4 Å². The van der Waals surface area contributed by atoms with Crippen LogP contribution in [-0.2, 0) is 21.2 Å². The number of nitrogens with zero attached hydrogens (tertiary/aromatic N) is 1. The van der Waals surface area contributed by atoms with Gasteiger partial charge in [-0.2, -0.15) is 0 Å². The Balaban J connectivity index is 3.85. The highest BCUT2D eigenvalue weighted by molar-refractivity contribution is 8.06. The first-order chi connectivity index (χ1) is 4.45. The summed E-state index contributed by atoms with van der Waals surface area (Å²) in [5, 5.41) is 3.15. The zero-order chi connectivity index (χ0) is 8.20. The van der Waals surface area contributed by atoms with Gasteiger partial charge < -0.3 is 19.1 Å². The van der Waals surface area contributed by atoms with Gasteiger partial charge in [0.05, 0.1) is 7.11 Å². The minimum atomic E-state index is -3.67. The lowest BCUT2D eigenvalue weighted by atomic mass is 10.8. The molecule has 0 aliphatic carbocycles. The van der Waals surface area contributed by atoms with E-state index >= 15 is 0 Å². The molecule has 0 aromatic heterocycles. The molecular weight excluding hydrogens is 177 g/mol. The van der Waals surface area contributed by atoms with Crippen LogP contribution in [-0.4, -0.2) is 22.8 Å². The molecule has 0 atom stereocenters. The predicted molar refractivity (Wildman–Crippen MR) is 39.9 cm³/mol. The lowest BCUT2D eigenvalue weighted by Gasteiger charge is -2.03. The van der Waals surface area contributed by atoms with Gasteiger partial charge in [-0.05, 0) is 5.16 Å². The Bertz CT molecular complexity index is 175. The first-order valence-corrected chi connectivity index (χ1v) is 4.91. The normalized spacial score (nSPS) is 13.0. The molecule has 5 nitrogen and oxygen atoms in total. The molecule has 0 aliphatic heterocycles. The molecule has 0 saturated heterocycles. The van der Waals surface area contributed by atoms with Crippen molar-refractivity contribution in [1.29, 1.82) is 0 Å². The van der Waals surface area contributed by atoms with E-state index in [1.165, 1.54) is 14.0 Å². The lowest BCUT2D eigenvalue weighted by Crippen LogP contribution is -1.94. The molecule has 0 heterocycles. The monoisotopic (exact) mass is 185 g/mol. The Kier molecular flexibility index (Phi) is 3.81. The molecule has 0 amide bonds. The average molecular weight is 185 g/mol. The lowest BCUT2D eigenvalue weighted by molar-refractivity contribution is 0.249. The van der Waals surface area contributed by atoms with Crippen LogP contribution in [0, 0.1) is 0 Å². The van der Waals surface area contributed by atoms with Gasteiger partial charge in [0, 0.05) is 18.7 Å². The SMILES string of the molecule is COC(C)=NOP(O)(O)=S. The standard InChI is InChI=1S/C3H8NO4PS/c1-3(7-2)4-8-9(5,6)10/h1-2H3,(H2,5,6,10). The molecule has 0 rings (SSSR count). The van der Waals surface area contributed by atoms with E-state index in [1.807, 2.05) is 0 Å². The number of ether oxygens (including phenoxy) is 1. The largest absolute Gasteiger partial charge is 0.482 e. The summed E-state index contributed by atoms with van der Waals surface area (Å²) in [5.41, 5.74) is 0. The van der Waals surface area contributed by atoms with E-state index in [1.54, 1.807) is 0 Å². The van der Waals surface area contributed by atoms with Crippen molar-refractivity contribution in [3.8, 4) is 0 Å². The third kappa shape index (κ3) is 5.97. The highest BCUT2D eigenvalue weighted by Crippen LogP contribution is 2.36. The quantitative estimate of drug-likeness (QED) is 0.278. The maximum Gasteiger partial charge on any atom is 0.397 e. The van der Waals surface area contributed by atoms with Gasteiger partial charge in [0.2, 0.25) is 5.90 Å². The molecule has 60 valence electrons. The van der Waals surface area contributed by atoms with Gasteiger partial charge in [0.25, 0.3) is 0 Å². The van der Waals surface area contributed by atoms with E-state index in [2.05, 4.69) is 26.3 Å². The fourth-order valence-corrected chi connectivity index (χ4v) is 0.469. The van der Waals surface area contributed by atoms with Crippen LogP contribution in [0.3, 0.4) is 0 Å². The molecule has 7 heteroatoms. The number of rotatable bonds is 2. The number of hydrogen-bond donors (Lipinski definition) is 2. The topological polar surface area (TPSA) is 71.3 Å². The fourth-order valence-electron chi connectivity index (χ4n) is 0.148. The van der Waals surface area contributed by atoms with E-state index in [-0.39, 0.29) is 5.90 Å². The van der Waals surface area contributed by atoms with Crippen molar-refractivity contribution in [3.05, 3.63) is 0 Å². The van der Waals surface area contributed by atoms with Crippen LogP contribution in [0.5, 0.6) is 0 Å². The van der Waals surface area contributed by atoms with Gasteiger partial charge in [-0.3, -0.25) is 0 Å². The molecular formula is C3H8NO4PS. The Hall–Kier alpha value is -0.160. The van der Waals surface area contributed by atoms with Crippen LogP contribution in [0.15, 0.2) is 5.16 Å². The zero-order valence-corrected chi connectivity index (χ0v) is 7.22. The molecule has 0 spiro atoms. The maximum atomic E-state index is 8.46. The van der Waals surface area contributed by atoms with Crippen molar-refractivity contribution in [1.82, 2.24) is 0 Å². The maximum absolute atomic E-state index is 8.46. The Morgan fingerprint density at radius 2 is 2.10 bits per heavy atom. The van der Waals surface area contributed by atoms with Gasteiger partial charge in [-0.1, -0.05) is 0 Å². The van der Waals surface area contributed by atoms with Gasteiger partial charge in [-0.25, -0.2) is 0 Å². The van der Waals surface area contributed by atoms with Crippen molar-refractivity contribution in [2.75, 3.05) is 7.11 Å². The number of methoxy groups -OCH3 is 1. The summed E-state index contributed by atoms with van der Waals surface area (Å²) in [7, 11) is 1.38. The first kappa shape index (κ1) is 9.84. The summed E-state index contributed by atoms with van der Waals surface area (Å²) in [6.45, 7) is -2.18. The van der Waals surface area contributed by atoms with Crippen LogP contribution in [0.25, 0.3) is 0 Å². The fraction of sp³-hybridized carbons (Fsp3) is 0.667.